The molecule has 0 saturated carbocycles. The lowest BCUT2D eigenvalue weighted by Gasteiger charge is -2.37. The minimum Gasteiger partial charge on any atom is -0.368 e. The van der Waals surface area contributed by atoms with Gasteiger partial charge in [-0.1, -0.05) is 23.2 Å². The Morgan fingerprint density at radius 1 is 0.969 bits per heavy atom. The average molecular weight is 475 g/mol. The second-order valence-corrected chi connectivity index (χ2v) is 8.41. The molecule has 1 amide bonds. The van der Waals surface area contributed by atoms with Crippen molar-refractivity contribution in [1.82, 2.24) is 14.7 Å². The molecule has 9 heteroatoms. The van der Waals surface area contributed by atoms with Gasteiger partial charge in [-0.25, -0.2) is 9.07 Å². The van der Waals surface area contributed by atoms with Crippen LogP contribution in [0.5, 0.6) is 0 Å². The van der Waals surface area contributed by atoms with Crippen LogP contribution in [0.4, 0.5) is 10.1 Å². The van der Waals surface area contributed by atoms with Crippen LogP contribution in [-0.4, -0.2) is 46.8 Å². The molecular formula is C23H21Cl2FN4O2. The van der Waals surface area contributed by atoms with Crippen molar-refractivity contribution in [3.63, 3.8) is 0 Å². The smallest absolute Gasteiger partial charge is 0.267 e. The van der Waals surface area contributed by atoms with Crippen molar-refractivity contribution in [3.8, 4) is 11.3 Å². The van der Waals surface area contributed by atoms with Crippen molar-refractivity contribution in [2.45, 2.75) is 13.0 Å². The zero-order chi connectivity index (χ0) is 22.8. The molecule has 1 atom stereocenters. The molecule has 6 nitrogen and oxygen atoms in total. The van der Waals surface area contributed by atoms with Crippen molar-refractivity contribution in [2.24, 2.45) is 0 Å². The fourth-order valence-corrected chi connectivity index (χ4v) is 4.01. The first-order chi connectivity index (χ1) is 15.3. The molecule has 2 heterocycles. The Hall–Kier alpha value is -2.90. The van der Waals surface area contributed by atoms with Crippen molar-refractivity contribution in [3.05, 3.63) is 80.8 Å². The average Bonchev–Trinajstić information content (AvgIpc) is 2.81. The number of aromatic nitrogens is 2. The summed E-state index contributed by atoms with van der Waals surface area (Å²) in [7, 11) is 0. The van der Waals surface area contributed by atoms with E-state index in [1.807, 2.05) is 12.1 Å². The Labute approximate surface area is 194 Å². The van der Waals surface area contributed by atoms with Gasteiger partial charge >= 0.3 is 0 Å². The molecular weight excluding hydrogens is 454 g/mol. The van der Waals surface area contributed by atoms with Crippen LogP contribution in [0.15, 0.2) is 59.4 Å². The minimum atomic E-state index is -0.764. The lowest BCUT2D eigenvalue weighted by atomic mass is 10.1. The highest BCUT2D eigenvalue weighted by Gasteiger charge is 2.27. The molecule has 4 rings (SSSR count). The van der Waals surface area contributed by atoms with E-state index >= 15 is 0 Å². The number of amides is 1. The standard InChI is InChI=1S/C23H21Cl2FN4O2/c1-15(30-22(31)9-8-21(27-30)16-2-4-17(26)5-3-16)23(32)29-12-10-28(11-13-29)18-6-7-19(24)20(25)14-18/h2-9,14-15H,10-13H2,1H3. The highest BCUT2D eigenvalue weighted by Crippen LogP contribution is 2.28. The van der Waals surface area contributed by atoms with Crippen molar-refractivity contribution in [1.29, 1.82) is 0 Å². The van der Waals surface area contributed by atoms with E-state index < -0.39 is 6.04 Å². The third kappa shape index (κ3) is 4.64. The van der Waals surface area contributed by atoms with Crippen LogP contribution in [-0.2, 0) is 4.79 Å². The molecule has 1 aliphatic rings. The summed E-state index contributed by atoms with van der Waals surface area (Å²) >= 11 is 12.1. The first-order valence-electron chi connectivity index (χ1n) is 10.2. The van der Waals surface area contributed by atoms with Gasteiger partial charge in [0.25, 0.3) is 5.56 Å². The zero-order valence-electron chi connectivity index (χ0n) is 17.3. The van der Waals surface area contributed by atoms with Crippen LogP contribution in [0.25, 0.3) is 11.3 Å². The van der Waals surface area contributed by atoms with Crippen molar-refractivity contribution in [2.75, 3.05) is 31.1 Å². The molecule has 1 aromatic heterocycles. The van der Waals surface area contributed by atoms with Gasteiger partial charge in [0.15, 0.2) is 0 Å². The Kier molecular flexibility index (Phi) is 6.48. The quantitative estimate of drug-likeness (QED) is 0.566. The van der Waals surface area contributed by atoms with Gasteiger partial charge in [0.1, 0.15) is 11.9 Å². The summed E-state index contributed by atoms with van der Waals surface area (Å²) in [6.07, 6.45) is 0. The molecule has 0 radical (unpaired) electrons. The predicted molar refractivity (Wildman–Crippen MR) is 124 cm³/mol. The third-order valence-corrected chi connectivity index (χ3v) is 6.29. The van der Waals surface area contributed by atoms with E-state index in [4.69, 9.17) is 23.2 Å². The van der Waals surface area contributed by atoms with Gasteiger partial charge in [0.05, 0.1) is 15.7 Å². The van der Waals surface area contributed by atoms with Crippen LogP contribution < -0.4 is 10.5 Å². The third-order valence-electron chi connectivity index (χ3n) is 5.55. The lowest BCUT2D eigenvalue weighted by molar-refractivity contribution is -0.135. The molecule has 3 aromatic rings. The van der Waals surface area contributed by atoms with Gasteiger partial charge < -0.3 is 9.80 Å². The highest BCUT2D eigenvalue weighted by atomic mass is 35.5. The van der Waals surface area contributed by atoms with E-state index in [0.717, 1.165) is 5.69 Å². The Morgan fingerprint density at radius 2 is 1.66 bits per heavy atom. The highest BCUT2D eigenvalue weighted by molar-refractivity contribution is 6.42. The fourth-order valence-electron chi connectivity index (χ4n) is 3.71. The summed E-state index contributed by atoms with van der Waals surface area (Å²) in [4.78, 5) is 29.4. The summed E-state index contributed by atoms with van der Waals surface area (Å²) < 4.78 is 14.4. The summed E-state index contributed by atoms with van der Waals surface area (Å²) in [6.45, 7) is 3.95. The summed E-state index contributed by atoms with van der Waals surface area (Å²) in [6, 6.07) is 13.5. The van der Waals surface area contributed by atoms with Gasteiger partial charge in [0.2, 0.25) is 5.91 Å². The number of nitrogens with zero attached hydrogens (tertiary/aromatic N) is 4. The number of carbonyl (C=O) groups excluding carboxylic acids is 1. The van der Waals surface area contributed by atoms with Gasteiger partial charge in [-0.05, 0) is 55.5 Å². The molecule has 1 aliphatic heterocycles. The monoisotopic (exact) mass is 474 g/mol. The molecule has 32 heavy (non-hydrogen) atoms. The minimum absolute atomic E-state index is 0.176. The van der Waals surface area contributed by atoms with Gasteiger partial charge in [-0.3, -0.25) is 9.59 Å². The molecule has 1 unspecified atom stereocenters. The molecule has 0 aliphatic carbocycles. The number of anilines is 1. The van der Waals surface area contributed by atoms with Crippen molar-refractivity contribution >= 4 is 34.8 Å². The SMILES string of the molecule is CC(C(=O)N1CCN(c2ccc(Cl)c(Cl)c2)CC1)n1nc(-c2ccc(F)cc2)ccc1=O. The maximum Gasteiger partial charge on any atom is 0.267 e. The normalized spacial score (nSPS) is 15.0. The molecule has 1 fully saturated rings. The second kappa shape index (κ2) is 9.30. The van der Waals surface area contributed by atoms with Gasteiger partial charge in [-0.15, -0.1) is 0 Å². The van der Waals surface area contributed by atoms with Crippen molar-refractivity contribution < 1.29 is 9.18 Å². The van der Waals surface area contributed by atoms with Gasteiger partial charge in [0, 0.05) is 43.5 Å². The summed E-state index contributed by atoms with van der Waals surface area (Å²) in [5.41, 5.74) is 1.74. The van der Waals surface area contributed by atoms with Crippen LogP contribution >= 0.6 is 23.2 Å². The van der Waals surface area contributed by atoms with E-state index in [2.05, 4.69) is 10.00 Å². The van der Waals surface area contributed by atoms with Crippen LogP contribution in [0, 0.1) is 5.82 Å². The Morgan fingerprint density at radius 3 is 2.31 bits per heavy atom. The summed E-state index contributed by atoms with van der Waals surface area (Å²) in [5, 5.41) is 5.35. The van der Waals surface area contributed by atoms with Crippen LogP contribution in [0.3, 0.4) is 0 Å². The molecule has 0 spiro atoms. The van der Waals surface area contributed by atoms with Crippen LogP contribution in [0.2, 0.25) is 10.0 Å². The molecule has 1 saturated heterocycles. The molecule has 2 aromatic carbocycles. The van der Waals surface area contributed by atoms with Gasteiger partial charge in [-0.2, -0.15) is 5.10 Å². The van der Waals surface area contributed by atoms with Crippen LogP contribution in [0.1, 0.15) is 13.0 Å². The predicted octanol–water partition coefficient (Wildman–Crippen LogP) is 4.27. The number of rotatable bonds is 4. The first-order valence-corrected chi connectivity index (χ1v) is 10.9. The van der Waals surface area contributed by atoms with E-state index in [-0.39, 0.29) is 17.3 Å². The largest absolute Gasteiger partial charge is 0.368 e. The molecule has 166 valence electrons. The maximum atomic E-state index is 13.2. The Bertz CT molecular complexity index is 1190. The number of carbonyl (C=O) groups is 1. The lowest BCUT2D eigenvalue weighted by Crippen LogP contribution is -2.51. The number of benzene rings is 2. The molecule has 0 N–H and O–H groups in total. The number of halogens is 3. The Balaban J connectivity index is 1.47. The van der Waals surface area contributed by atoms with E-state index in [1.165, 1.54) is 22.9 Å². The van der Waals surface area contributed by atoms with E-state index in [0.29, 0.717) is 47.5 Å². The molecule has 0 bridgehead atoms. The number of hydrogen-bond donors (Lipinski definition) is 0. The number of hydrogen-bond acceptors (Lipinski definition) is 4. The maximum absolute atomic E-state index is 13.2. The first kappa shape index (κ1) is 22.3. The van der Waals surface area contributed by atoms with E-state index in [9.17, 15) is 14.0 Å². The fraction of sp³-hybridized carbons (Fsp3) is 0.261. The summed E-state index contributed by atoms with van der Waals surface area (Å²) in [5.74, 6) is -0.532. The second-order valence-electron chi connectivity index (χ2n) is 7.59. The van der Waals surface area contributed by atoms with E-state index in [1.54, 1.807) is 36.1 Å². The zero-order valence-corrected chi connectivity index (χ0v) is 18.9. The topological polar surface area (TPSA) is 58.4 Å². The number of piperazine rings is 1.